The Morgan fingerprint density at radius 2 is 1.94 bits per heavy atom. The van der Waals surface area contributed by atoms with E-state index in [1.54, 1.807) is 12.1 Å². The lowest BCUT2D eigenvalue weighted by Gasteiger charge is -2.12. The van der Waals surface area contributed by atoms with Crippen LogP contribution >= 0.6 is 0 Å². The number of anilines is 1. The molecule has 102 valence electrons. The zero-order chi connectivity index (χ0) is 13.6. The maximum Gasteiger partial charge on any atom is 0.175 e. The van der Waals surface area contributed by atoms with Crippen molar-refractivity contribution in [2.24, 2.45) is 0 Å². The van der Waals surface area contributed by atoms with Gasteiger partial charge in [-0.15, -0.1) is 0 Å². The summed E-state index contributed by atoms with van der Waals surface area (Å²) in [6, 6.07) is 5.26. The smallest absolute Gasteiger partial charge is 0.175 e. The Morgan fingerprint density at radius 3 is 2.56 bits per heavy atom. The number of hydrogen-bond acceptors (Lipinski definition) is 4. The Kier molecular flexibility index (Phi) is 5.62. The van der Waals surface area contributed by atoms with Gasteiger partial charge in [0, 0.05) is 25.1 Å². The molecule has 0 saturated carbocycles. The van der Waals surface area contributed by atoms with Gasteiger partial charge in [0.1, 0.15) is 0 Å². The van der Waals surface area contributed by atoms with E-state index in [-0.39, 0.29) is 6.61 Å². The molecule has 0 aliphatic carbocycles. The van der Waals surface area contributed by atoms with Crippen LogP contribution in [0, 0.1) is 6.92 Å². The van der Waals surface area contributed by atoms with Gasteiger partial charge in [-0.1, -0.05) is 6.07 Å². The van der Waals surface area contributed by atoms with E-state index in [1.165, 1.54) is 6.26 Å². The minimum atomic E-state index is -3.17. The average molecular weight is 271 g/mol. The number of benzene rings is 1. The number of rotatable bonds is 7. The number of nitrogens with one attached hydrogen (secondary N) is 1. The average Bonchev–Trinajstić information content (AvgIpc) is 2.29. The van der Waals surface area contributed by atoms with E-state index in [0.29, 0.717) is 4.90 Å². The van der Waals surface area contributed by atoms with Crippen LogP contribution in [0.15, 0.2) is 23.1 Å². The van der Waals surface area contributed by atoms with Gasteiger partial charge < -0.3 is 10.4 Å². The molecule has 1 rings (SSSR count). The van der Waals surface area contributed by atoms with Crippen LogP contribution in [-0.4, -0.2) is 32.9 Å². The van der Waals surface area contributed by atoms with Gasteiger partial charge in [0.25, 0.3) is 0 Å². The quantitative estimate of drug-likeness (QED) is 0.744. The Morgan fingerprint density at radius 1 is 1.22 bits per heavy atom. The van der Waals surface area contributed by atoms with Crippen LogP contribution in [0.2, 0.25) is 0 Å². The standard InChI is InChI=1S/C13H21NO3S/c1-11-12(14-9-4-3-5-10-15)7-6-8-13(11)18(2,16)17/h6-8,14-15H,3-5,9-10H2,1-2H3. The molecule has 0 heterocycles. The van der Waals surface area contributed by atoms with Crippen molar-refractivity contribution in [3.63, 3.8) is 0 Å². The predicted octanol–water partition coefficient (Wildman–Crippen LogP) is 1.97. The summed E-state index contributed by atoms with van der Waals surface area (Å²) >= 11 is 0. The molecule has 0 bridgehead atoms. The zero-order valence-corrected chi connectivity index (χ0v) is 11.8. The van der Waals surface area contributed by atoms with Gasteiger partial charge in [0.15, 0.2) is 9.84 Å². The molecule has 0 saturated heterocycles. The Balaban J connectivity index is 2.67. The summed E-state index contributed by atoms with van der Waals surface area (Å²) in [5.74, 6) is 0. The first-order valence-corrected chi connectivity index (χ1v) is 8.00. The van der Waals surface area contributed by atoms with E-state index in [1.807, 2.05) is 13.0 Å². The highest BCUT2D eigenvalue weighted by Crippen LogP contribution is 2.22. The molecule has 0 unspecified atom stereocenters. The fraction of sp³-hybridized carbons (Fsp3) is 0.538. The van der Waals surface area contributed by atoms with Crippen molar-refractivity contribution in [3.8, 4) is 0 Å². The highest BCUT2D eigenvalue weighted by molar-refractivity contribution is 7.90. The molecule has 0 aliphatic rings. The highest BCUT2D eigenvalue weighted by Gasteiger charge is 2.12. The molecular formula is C13H21NO3S. The summed E-state index contributed by atoms with van der Waals surface area (Å²) in [6.07, 6.45) is 3.96. The number of hydrogen-bond donors (Lipinski definition) is 2. The predicted molar refractivity (Wildman–Crippen MR) is 73.7 cm³/mol. The Bertz CT molecular complexity index is 483. The fourth-order valence-corrected chi connectivity index (χ4v) is 2.84. The molecule has 18 heavy (non-hydrogen) atoms. The summed E-state index contributed by atoms with van der Waals surface area (Å²) < 4.78 is 23.1. The molecule has 0 spiro atoms. The van der Waals surface area contributed by atoms with Crippen molar-refractivity contribution in [1.82, 2.24) is 0 Å². The molecule has 2 N–H and O–H groups in total. The Labute approximate surface area is 109 Å². The molecule has 0 aliphatic heterocycles. The van der Waals surface area contributed by atoms with E-state index in [2.05, 4.69) is 5.32 Å². The van der Waals surface area contributed by atoms with Gasteiger partial charge in [0.2, 0.25) is 0 Å². The van der Waals surface area contributed by atoms with Crippen LogP contribution in [0.25, 0.3) is 0 Å². The third kappa shape index (κ3) is 4.31. The number of unbranched alkanes of at least 4 members (excludes halogenated alkanes) is 2. The third-order valence-corrected chi connectivity index (χ3v) is 4.08. The van der Waals surface area contributed by atoms with E-state index in [0.717, 1.165) is 37.1 Å². The third-order valence-electron chi connectivity index (χ3n) is 2.83. The first-order chi connectivity index (χ1) is 8.46. The van der Waals surface area contributed by atoms with Crippen LogP contribution in [0.3, 0.4) is 0 Å². The van der Waals surface area contributed by atoms with Crippen molar-refractivity contribution in [2.45, 2.75) is 31.1 Å². The molecule has 1 aromatic carbocycles. The molecular weight excluding hydrogens is 250 g/mol. The van der Waals surface area contributed by atoms with Crippen molar-refractivity contribution in [3.05, 3.63) is 23.8 Å². The van der Waals surface area contributed by atoms with Crippen LogP contribution < -0.4 is 5.32 Å². The van der Waals surface area contributed by atoms with E-state index >= 15 is 0 Å². The van der Waals surface area contributed by atoms with E-state index < -0.39 is 9.84 Å². The van der Waals surface area contributed by atoms with Crippen molar-refractivity contribution in [1.29, 1.82) is 0 Å². The second kappa shape index (κ2) is 6.75. The monoisotopic (exact) mass is 271 g/mol. The highest BCUT2D eigenvalue weighted by atomic mass is 32.2. The summed E-state index contributed by atoms with van der Waals surface area (Å²) in [5, 5.41) is 11.9. The molecule has 0 radical (unpaired) electrons. The minimum absolute atomic E-state index is 0.225. The lowest BCUT2D eigenvalue weighted by molar-refractivity contribution is 0.283. The van der Waals surface area contributed by atoms with Gasteiger partial charge in [-0.3, -0.25) is 0 Å². The normalized spacial score (nSPS) is 11.5. The molecule has 0 amide bonds. The van der Waals surface area contributed by atoms with Crippen molar-refractivity contribution >= 4 is 15.5 Å². The largest absolute Gasteiger partial charge is 0.396 e. The van der Waals surface area contributed by atoms with Crippen LogP contribution in [0.1, 0.15) is 24.8 Å². The van der Waals surface area contributed by atoms with Crippen LogP contribution in [0.4, 0.5) is 5.69 Å². The summed E-state index contributed by atoms with van der Waals surface area (Å²) in [6.45, 7) is 2.82. The first-order valence-electron chi connectivity index (χ1n) is 6.11. The molecule has 1 aromatic rings. The van der Waals surface area contributed by atoms with Gasteiger partial charge in [-0.05, 0) is 43.9 Å². The zero-order valence-electron chi connectivity index (χ0n) is 10.9. The van der Waals surface area contributed by atoms with E-state index in [4.69, 9.17) is 5.11 Å². The lowest BCUT2D eigenvalue weighted by Crippen LogP contribution is -2.07. The van der Waals surface area contributed by atoms with Crippen molar-refractivity contribution < 1.29 is 13.5 Å². The van der Waals surface area contributed by atoms with Gasteiger partial charge in [0.05, 0.1) is 4.90 Å². The van der Waals surface area contributed by atoms with Crippen LogP contribution in [-0.2, 0) is 9.84 Å². The molecule has 0 atom stereocenters. The van der Waals surface area contributed by atoms with E-state index in [9.17, 15) is 8.42 Å². The molecule has 4 nitrogen and oxygen atoms in total. The summed E-state index contributed by atoms with van der Waals surface area (Å²) in [5.41, 5.74) is 1.63. The molecule has 5 heteroatoms. The molecule has 0 fully saturated rings. The number of aliphatic hydroxyl groups excluding tert-OH is 1. The maximum absolute atomic E-state index is 11.6. The lowest BCUT2D eigenvalue weighted by atomic mass is 10.2. The van der Waals surface area contributed by atoms with Gasteiger partial charge in [-0.25, -0.2) is 8.42 Å². The van der Waals surface area contributed by atoms with Crippen molar-refractivity contribution in [2.75, 3.05) is 24.7 Å². The number of aliphatic hydroxyl groups is 1. The topological polar surface area (TPSA) is 66.4 Å². The second-order valence-electron chi connectivity index (χ2n) is 4.41. The minimum Gasteiger partial charge on any atom is -0.396 e. The fourth-order valence-electron chi connectivity index (χ4n) is 1.84. The van der Waals surface area contributed by atoms with Crippen LogP contribution in [0.5, 0.6) is 0 Å². The molecule has 0 aromatic heterocycles. The second-order valence-corrected chi connectivity index (χ2v) is 6.40. The number of sulfone groups is 1. The Hall–Kier alpha value is -1.07. The van der Waals surface area contributed by atoms with Gasteiger partial charge in [-0.2, -0.15) is 0 Å². The summed E-state index contributed by atoms with van der Waals surface area (Å²) in [7, 11) is -3.17. The van der Waals surface area contributed by atoms with Gasteiger partial charge >= 0.3 is 0 Å². The maximum atomic E-state index is 11.6. The summed E-state index contributed by atoms with van der Waals surface area (Å²) in [4.78, 5) is 0.378. The first kappa shape index (κ1) is 15.0. The SMILES string of the molecule is Cc1c(NCCCCCO)cccc1S(C)(=O)=O.